The minimum absolute atomic E-state index is 0.0115. The Morgan fingerprint density at radius 3 is 2.71 bits per heavy atom. The number of carbonyl (C=O) groups is 2. The van der Waals surface area contributed by atoms with E-state index >= 15 is 0 Å². The van der Waals surface area contributed by atoms with Crippen LogP contribution in [0.4, 0.5) is 0 Å². The molecule has 1 amide bonds. The van der Waals surface area contributed by atoms with E-state index < -0.39 is 0 Å². The smallest absolute Gasteiger partial charge is 0.325 e. The molecule has 0 aliphatic carbocycles. The maximum atomic E-state index is 12.1. The van der Waals surface area contributed by atoms with Crippen molar-refractivity contribution in [2.24, 2.45) is 5.92 Å². The van der Waals surface area contributed by atoms with E-state index in [0.29, 0.717) is 26.4 Å². The highest BCUT2D eigenvalue weighted by atomic mass is 16.5. The van der Waals surface area contributed by atoms with Gasteiger partial charge in [-0.3, -0.25) is 9.59 Å². The number of rotatable bonds is 6. The third kappa shape index (κ3) is 4.34. The molecule has 5 heteroatoms. The van der Waals surface area contributed by atoms with Crippen molar-refractivity contribution in [1.29, 1.82) is 0 Å². The summed E-state index contributed by atoms with van der Waals surface area (Å²) in [5.74, 6) is -0.415. The van der Waals surface area contributed by atoms with Crippen LogP contribution in [0.15, 0.2) is 0 Å². The van der Waals surface area contributed by atoms with Crippen LogP contribution in [0, 0.1) is 5.92 Å². The minimum atomic E-state index is -0.340. The predicted octanol–water partition coefficient (Wildman–Crippen LogP) is 0.825. The largest absolute Gasteiger partial charge is 0.465 e. The SMILES string of the molecule is CCCN(CC(=O)OCC)C(=O)C1CCOC1. The molecule has 1 rings (SSSR count). The Morgan fingerprint density at radius 2 is 2.18 bits per heavy atom. The number of amides is 1. The number of carbonyl (C=O) groups excluding carboxylic acids is 2. The van der Waals surface area contributed by atoms with E-state index in [1.807, 2.05) is 6.92 Å². The van der Waals surface area contributed by atoms with E-state index in [1.165, 1.54) is 0 Å². The zero-order valence-corrected chi connectivity index (χ0v) is 10.6. The van der Waals surface area contributed by atoms with Crippen molar-refractivity contribution in [2.45, 2.75) is 26.7 Å². The van der Waals surface area contributed by atoms with Crippen molar-refractivity contribution in [3.63, 3.8) is 0 Å². The van der Waals surface area contributed by atoms with Crippen LogP contribution in [0.2, 0.25) is 0 Å². The molecule has 1 heterocycles. The van der Waals surface area contributed by atoms with Gasteiger partial charge >= 0.3 is 5.97 Å². The summed E-state index contributed by atoms with van der Waals surface area (Å²) in [4.78, 5) is 25.1. The van der Waals surface area contributed by atoms with Crippen LogP contribution in [-0.2, 0) is 19.1 Å². The lowest BCUT2D eigenvalue weighted by Crippen LogP contribution is -2.40. The number of ether oxygens (including phenoxy) is 2. The topological polar surface area (TPSA) is 55.8 Å². The molecule has 17 heavy (non-hydrogen) atoms. The lowest BCUT2D eigenvalue weighted by molar-refractivity contribution is -0.150. The quantitative estimate of drug-likeness (QED) is 0.648. The molecule has 0 N–H and O–H groups in total. The maximum absolute atomic E-state index is 12.1. The van der Waals surface area contributed by atoms with Gasteiger partial charge in [-0.05, 0) is 19.8 Å². The molecule has 1 fully saturated rings. The first-order chi connectivity index (χ1) is 8.19. The molecule has 1 aliphatic heterocycles. The van der Waals surface area contributed by atoms with Gasteiger partial charge in [-0.15, -0.1) is 0 Å². The Bertz CT molecular complexity index is 261. The monoisotopic (exact) mass is 243 g/mol. The molecule has 0 bridgehead atoms. The van der Waals surface area contributed by atoms with Crippen molar-refractivity contribution in [3.8, 4) is 0 Å². The summed E-state index contributed by atoms with van der Waals surface area (Å²) in [6.07, 6.45) is 1.58. The molecule has 0 saturated carbocycles. The summed E-state index contributed by atoms with van der Waals surface area (Å²) >= 11 is 0. The second-order valence-electron chi connectivity index (χ2n) is 4.13. The molecule has 0 aromatic rings. The molecular weight excluding hydrogens is 222 g/mol. The fourth-order valence-electron chi connectivity index (χ4n) is 1.89. The van der Waals surface area contributed by atoms with Crippen LogP contribution in [0.1, 0.15) is 26.7 Å². The second kappa shape index (κ2) is 7.27. The van der Waals surface area contributed by atoms with Gasteiger partial charge in [-0.2, -0.15) is 0 Å². The average Bonchev–Trinajstić information content (AvgIpc) is 2.81. The first-order valence-corrected chi connectivity index (χ1v) is 6.21. The third-order valence-electron chi connectivity index (χ3n) is 2.71. The van der Waals surface area contributed by atoms with Gasteiger partial charge in [0, 0.05) is 13.2 Å². The molecule has 1 atom stereocenters. The summed E-state index contributed by atoms with van der Waals surface area (Å²) < 4.78 is 10.1. The summed E-state index contributed by atoms with van der Waals surface area (Å²) in [6.45, 7) is 5.84. The van der Waals surface area contributed by atoms with Crippen molar-refractivity contribution < 1.29 is 19.1 Å². The Morgan fingerprint density at radius 1 is 1.41 bits per heavy atom. The first-order valence-electron chi connectivity index (χ1n) is 6.21. The number of hydrogen-bond donors (Lipinski definition) is 0. The van der Waals surface area contributed by atoms with Gasteiger partial charge in [-0.25, -0.2) is 0 Å². The third-order valence-corrected chi connectivity index (χ3v) is 2.71. The van der Waals surface area contributed by atoms with Gasteiger partial charge in [-0.1, -0.05) is 6.92 Å². The zero-order valence-electron chi connectivity index (χ0n) is 10.6. The highest BCUT2D eigenvalue weighted by Gasteiger charge is 2.28. The van der Waals surface area contributed by atoms with Crippen LogP contribution in [0.3, 0.4) is 0 Å². The molecule has 0 radical (unpaired) electrons. The molecule has 1 aliphatic rings. The van der Waals surface area contributed by atoms with Crippen LogP contribution in [0.5, 0.6) is 0 Å². The Balaban J connectivity index is 2.51. The molecule has 0 spiro atoms. The van der Waals surface area contributed by atoms with E-state index in [9.17, 15) is 9.59 Å². The molecule has 1 unspecified atom stereocenters. The number of hydrogen-bond acceptors (Lipinski definition) is 4. The van der Waals surface area contributed by atoms with Gasteiger partial charge in [0.1, 0.15) is 6.54 Å². The summed E-state index contributed by atoms with van der Waals surface area (Å²) in [5, 5.41) is 0. The summed E-state index contributed by atoms with van der Waals surface area (Å²) in [7, 11) is 0. The minimum Gasteiger partial charge on any atom is -0.465 e. The zero-order chi connectivity index (χ0) is 12.7. The Labute approximate surface area is 102 Å². The van der Waals surface area contributed by atoms with Crippen LogP contribution in [-0.4, -0.2) is 49.7 Å². The van der Waals surface area contributed by atoms with Crippen molar-refractivity contribution in [3.05, 3.63) is 0 Å². The highest BCUT2D eigenvalue weighted by molar-refractivity contribution is 5.83. The number of esters is 1. The van der Waals surface area contributed by atoms with E-state index in [4.69, 9.17) is 9.47 Å². The molecular formula is C12H21NO4. The molecule has 0 aromatic heterocycles. The van der Waals surface area contributed by atoms with Gasteiger partial charge in [0.05, 0.1) is 19.1 Å². The highest BCUT2D eigenvalue weighted by Crippen LogP contribution is 2.15. The Kier molecular flexibility index (Phi) is 5.97. The summed E-state index contributed by atoms with van der Waals surface area (Å²) in [5.41, 5.74) is 0. The molecule has 98 valence electrons. The van der Waals surface area contributed by atoms with Crippen LogP contribution in [0.25, 0.3) is 0 Å². The van der Waals surface area contributed by atoms with Gasteiger partial charge in [0.2, 0.25) is 5.91 Å². The van der Waals surface area contributed by atoms with Gasteiger partial charge < -0.3 is 14.4 Å². The van der Waals surface area contributed by atoms with Gasteiger partial charge in [0.25, 0.3) is 0 Å². The summed E-state index contributed by atoms with van der Waals surface area (Å²) in [6, 6.07) is 0. The van der Waals surface area contributed by atoms with Crippen LogP contribution < -0.4 is 0 Å². The van der Waals surface area contributed by atoms with Crippen LogP contribution >= 0.6 is 0 Å². The normalized spacial score (nSPS) is 19.1. The van der Waals surface area contributed by atoms with Crippen molar-refractivity contribution >= 4 is 11.9 Å². The van der Waals surface area contributed by atoms with E-state index in [-0.39, 0.29) is 24.3 Å². The Hall–Kier alpha value is -1.10. The maximum Gasteiger partial charge on any atom is 0.325 e. The number of nitrogens with zero attached hydrogens (tertiary/aromatic N) is 1. The lowest BCUT2D eigenvalue weighted by Gasteiger charge is -2.23. The average molecular weight is 243 g/mol. The fraction of sp³-hybridized carbons (Fsp3) is 0.833. The van der Waals surface area contributed by atoms with E-state index in [0.717, 1.165) is 12.8 Å². The molecule has 1 saturated heterocycles. The van der Waals surface area contributed by atoms with Crippen molar-refractivity contribution in [2.75, 3.05) is 32.9 Å². The fourth-order valence-corrected chi connectivity index (χ4v) is 1.89. The standard InChI is InChI=1S/C12H21NO4/c1-3-6-13(8-11(14)17-4-2)12(15)10-5-7-16-9-10/h10H,3-9H2,1-2H3. The molecule has 0 aromatic carbocycles. The second-order valence-corrected chi connectivity index (χ2v) is 4.13. The van der Waals surface area contributed by atoms with E-state index in [1.54, 1.807) is 11.8 Å². The molecule has 5 nitrogen and oxygen atoms in total. The van der Waals surface area contributed by atoms with E-state index in [2.05, 4.69) is 0 Å². The lowest BCUT2D eigenvalue weighted by atomic mass is 10.1. The van der Waals surface area contributed by atoms with Crippen molar-refractivity contribution in [1.82, 2.24) is 4.90 Å². The first kappa shape index (κ1) is 14.0. The van der Waals surface area contributed by atoms with Gasteiger partial charge in [0.15, 0.2) is 0 Å². The predicted molar refractivity (Wildman–Crippen MR) is 62.4 cm³/mol.